The summed E-state index contributed by atoms with van der Waals surface area (Å²) in [7, 11) is 0. The third kappa shape index (κ3) is 2.49. The van der Waals surface area contributed by atoms with E-state index in [1.54, 1.807) is 0 Å². The number of hydrogen-bond acceptors (Lipinski definition) is 3. The molecule has 3 rings (SSSR count). The van der Waals surface area contributed by atoms with Gasteiger partial charge in [-0.05, 0) is 35.7 Å². The van der Waals surface area contributed by atoms with Crippen LogP contribution in [-0.4, -0.2) is 13.2 Å². The first-order chi connectivity index (χ1) is 9.75. The fourth-order valence-corrected chi connectivity index (χ4v) is 2.49. The third-order valence-electron chi connectivity index (χ3n) is 3.51. The van der Waals surface area contributed by atoms with E-state index in [2.05, 4.69) is 18.2 Å². The van der Waals surface area contributed by atoms with Crippen LogP contribution >= 0.6 is 0 Å². The Morgan fingerprint density at radius 2 is 1.75 bits per heavy atom. The Hall–Kier alpha value is -2.00. The molecule has 0 amide bonds. The lowest BCUT2D eigenvalue weighted by molar-refractivity contribution is 0.297. The maximum Gasteiger partial charge on any atom is 0.161 e. The van der Waals surface area contributed by atoms with Gasteiger partial charge in [0.2, 0.25) is 0 Å². The van der Waals surface area contributed by atoms with Crippen molar-refractivity contribution in [3.63, 3.8) is 0 Å². The van der Waals surface area contributed by atoms with Crippen molar-refractivity contribution in [3.05, 3.63) is 48.0 Å². The van der Waals surface area contributed by atoms with E-state index in [1.807, 2.05) is 31.2 Å². The maximum absolute atomic E-state index is 6.06. The highest BCUT2D eigenvalue weighted by Crippen LogP contribution is 2.36. The number of hydrogen-bond donors (Lipinski definition) is 1. The van der Waals surface area contributed by atoms with Gasteiger partial charge in [0, 0.05) is 12.5 Å². The van der Waals surface area contributed by atoms with E-state index in [0.29, 0.717) is 13.2 Å². The molecule has 0 fully saturated rings. The number of fused-ring (bicyclic) bond motifs is 1. The first-order valence-electron chi connectivity index (χ1n) is 7.00. The highest BCUT2D eigenvalue weighted by atomic mass is 16.5. The molecule has 104 valence electrons. The minimum Gasteiger partial charge on any atom is -0.490 e. The van der Waals surface area contributed by atoms with Crippen molar-refractivity contribution in [1.29, 1.82) is 0 Å². The summed E-state index contributed by atoms with van der Waals surface area (Å²) in [4.78, 5) is 0. The van der Waals surface area contributed by atoms with E-state index in [4.69, 9.17) is 15.2 Å². The van der Waals surface area contributed by atoms with Crippen molar-refractivity contribution >= 4 is 0 Å². The predicted molar refractivity (Wildman–Crippen MR) is 80.1 cm³/mol. The Bertz CT molecular complexity index is 608. The van der Waals surface area contributed by atoms with E-state index >= 15 is 0 Å². The van der Waals surface area contributed by atoms with Gasteiger partial charge < -0.3 is 15.2 Å². The second-order valence-corrected chi connectivity index (χ2v) is 5.09. The molecule has 0 saturated carbocycles. The van der Waals surface area contributed by atoms with E-state index in [0.717, 1.165) is 34.6 Å². The van der Waals surface area contributed by atoms with Crippen LogP contribution in [0.4, 0.5) is 0 Å². The van der Waals surface area contributed by atoms with Gasteiger partial charge in [0.25, 0.3) is 0 Å². The smallest absolute Gasteiger partial charge is 0.161 e. The van der Waals surface area contributed by atoms with Crippen molar-refractivity contribution in [2.45, 2.75) is 19.4 Å². The van der Waals surface area contributed by atoms with Gasteiger partial charge in [0.1, 0.15) is 0 Å². The Balaban J connectivity index is 2.05. The average Bonchev–Trinajstić information content (AvgIpc) is 2.71. The number of benzene rings is 2. The molecular formula is C17H19NO2. The molecule has 0 aromatic heterocycles. The SMILES string of the molecule is CC(N)c1ccccc1-c1ccc2c(c1)OCCCO2. The zero-order chi connectivity index (χ0) is 13.9. The monoisotopic (exact) mass is 269 g/mol. The van der Waals surface area contributed by atoms with E-state index in [9.17, 15) is 0 Å². The molecule has 2 aromatic carbocycles. The van der Waals surface area contributed by atoms with Crippen LogP contribution in [0.2, 0.25) is 0 Å². The molecule has 1 aliphatic heterocycles. The molecule has 20 heavy (non-hydrogen) atoms. The number of nitrogens with two attached hydrogens (primary N) is 1. The second kappa shape index (κ2) is 5.55. The lowest BCUT2D eigenvalue weighted by Crippen LogP contribution is -2.06. The van der Waals surface area contributed by atoms with Gasteiger partial charge in [0.15, 0.2) is 11.5 Å². The largest absolute Gasteiger partial charge is 0.490 e. The van der Waals surface area contributed by atoms with Crippen LogP contribution in [0.5, 0.6) is 11.5 Å². The first kappa shape index (κ1) is 13.0. The molecule has 1 unspecified atom stereocenters. The first-order valence-corrected chi connectivity index (χ1v) is 7.00. The van der Waals surface area contributed by atoms with Crippen LogP contribution in [0.3, 0.4) is 0 Å². The molecule has 2 N–H and O–H groups in total. The summed E-state index contributed by atoms with van der Waals surface area (Å²) >= 11 is 0. The maximum atomic E-state index is 6.06. The summed E-state index contributed by atoms with van der Waals surface area (Å²) in [6.45, 7) is 3.41. The molecule has 0 bridgehead atoms. The molecule has 1 aliphatic rings. The van der Waals surface area contributed by atoms with Gasteiger partial charge in [-0.25, -0.2) is 0 Å². The standard InChI is InChI=1S/C17H19NO2/c1-12(18)14-5-2-3-6-15(14)13-7-8-16-17(11-13)20-10-4-9-19-16/h2-3,5-8,11-12H,4,9-10,18H2,1H3. The molecular weight excluding hydrogens is 250 g/mol. The summed E-state index contributed by atoms with van der Waals surface area (Å²) < 4.78 is 11.4. The lowest BCUT2D eigenvalue weighted by Gasteiger charge is -2.14. The zero-order valence-corrected chi connectivity index (χ0v) is 11.6. The second-order valence-electron chi connectivity index (χ2n) is 5.09. The van der Waals surface area contributed by atoms with Crippen molar-refractivity contribution in [2.24, 2.45) is 5.73 Å². The Morgan fingerprint density at radius 3 is 2.55 bits per heavy atom. The van der Waals surface area contributed by atoms with E-state index < -0.39 is 0 Å². The van der Waals surface area contributed by atoms with Crippen LogP contribution < -0.4 is 15.2 Å². The van der Waals surface area contributed by atoms with Gasteiger partial charge in [-0.15, -0.1) is 0 Å². The molecule has 1 atom stereocenters. The van der Waals surface area contributed by atoms with Crippen LogP contribution in [0.25, 0.3) is 11.1 Å². The quantitative estimate of drug-likeness (QED) is 0.907. The molecule has 0 aliphatic carbocycles. The average molecular weight is 269 g/mol. The van der Waals surface area contributed by atoms with Crippen LogP contribution in [0, 0.1) is 0 Å². The van der Waals surface area contributed by atoms with Gasteiger partial charge in [0.05, 0.1) is 13.2 Å². The highest BCUT2D eigenvalue weighted by Gasteiger charge is 2.13. The minimum absolute atomic E-state index is 0.00202. The summed E-state index contributed by atoms with van der Waals surface area (Å²) in [6.07, 6.45) is 0.917. The molecule has 1 heterocycles. The lowest BCUT2D eigenvalue weighted by atomic mass is 9.96. The number of ether oxygens (including phenoxy) is 2. The molecule has 3 nitrogen and oxygen atoms in total. The van der Waals surface area contributed by atoms with Crippen molar-refractivity contribution < 1.29 is 9.47 Å². The zero-order valence-electron chi connectivity index (χ0n) is 11.6. The van der Waals surface area contributed by atoms with E-state index in [-0.39, 0.29) is 6.04 Å². The predicted octanol–water partition coefficient (Wildman–Crippen LogP) is 3.53. The molecule has 0 saturated heterocycles. The fraction of sp³-hybridized carbons (Fsp3) is 0.294. The Labute approximate surface area is 119 Å². The fourth-order valence-electron chi connectivity index (χ4n) is 2.49. The van der Waals surface area contributed by atoms with Crippen LogP contribution in [0.1, 0.15) is 24.9 Å². The topological polar surface area (TPSA) is 44.5 Å². The number of rotatable bonds is 2. The summed E-state index contributed by atoms with van der Waals surface area (Å²) in [5.41, 5.74) is 9.46. The molecule has 2 aromatic rings. The summed E-state index contributed by atoms with van der Waals surface area (Å²) in [5.74, 6) is 1.64. The summed E-state index contributed by atoms with van der Waals surface area (Å²) in [5, 5.41) is 0. The van der Waals surface area contributed by atoms with Gasteiger partial charge in [-0.2, -0.15) is 0 Å². The van der Waals surface area contributed by atoms with Gasteiger partial charge in [-0.3, -0.25) is 0 Å². The minimum atomic E-state index is 0.00202. The molecule has 0 radical (unpaired) electrons. The third-order valence-corrected chi connectivity index (χ3v) is 3.51. The molecule has 3 heteroatoms. The Morgan fingerprint density at radius 1 is 1.00 bits per heavy atom. The van der Waals surface area contributed by atoms with Gasteiger partial charge >= 0.3 is 0 Å². The Kier molecular flexibility index (Phi) is 3.61. The van der Waals surface area contributed by atoms with Crippen LogP contribution in [0.15, 0.2) is 42.5 Å². The summed E-state index contributed by atoms with van der Waals surface area (Å²) in [6, 6.07) is 14.3. The van der Waals surface area contributed by atoms with Crippen molar-refractivity contribution in [3.8, 4) is 22.6 Å². The van der Waals surface area contributed by atoms with Gasteiger partial charge in [-0.1, -0.05) is 30.3 Å². The highest BCUT2D eigenvalue weighted by molar-refractivity contribution is 5.70. The van der Waals surface area contributed by atoms with Crippen molar-refractivity contribution in [2.75, 3.05) is 13.2 Å². The molecule has 0 spiro atoms. The normalized spacial score (nSPS) is 15.5. The van der Waals surface area contributed by atoms with Crippen molar-refractivity contribution in [1.82, 2.24) is 0 Å². The van der Waals surface area contributed by atoms with E-state index in [1.165, 1.54) is 0 Å². The van der Waals surface area contributed by atoms with Crippen LogP contribution in [-0.2, 0) is 0 Å².